The van der Waals surface area contributed by atoms with E-state index >= 15 is 0 Å². The van der Waals surface area contributed by atoms with Crippen LogP contribution in [0, 0.1) is 11.3 Å². The Morgan fingerprint density at radius 2 is 1.87 bits per heavy atom. The molecular weight excluding hydrogens is 630 g/mol. The number of benzene rings is 1. The van der Waals surface area contributed by atoms with Gasteiger partial charge in [0, 0.05) is 23.9 Å². The van der Waals surface area contributed by atoms with E-state index in [-0.39, 0.29) is 19.4 Å². The first-order chi connectivity index (χ1) is 22.1. The van der Waals surface area contributed by atoms with Crippen molar-refractivity contribution < 1.29 is 41.8 Å². The van der Waals surface area contributed by atoms with Crippen molar-refractivity contribution in [3.8, 4) is 11.6 Å². The van der Waals surface area contributed by atoms with Gasteiger partial charge in [-0.1, -0.05) is 26.8 Å². The van der Waals surface area contributed by atoms with Gasteiger partial charge in [-0.15, -0.1) is 6.58 Å². The van der Waals surface area contributed by atoms with Crippen LogP contribution in [-0.2, 0) is 29.1 Å². The summed E-state index contributed by atoms with van der Waals surface area (Å²) in [4.78, 5) is 59.5. The number of methoxy groups -OCH3 is 2. The summed E-state index contributed by atoms with van der Waals surface area (Å²) in [5.41, 5.74) is -2.33. The molecule has 0 spiro atoms. The molecule has 15 heteroatoms. The van der Waals surface area contributed by atoms with Gasteiger partial charge in [-0.05, 0) is 54.3 Å². The Kier molecular flexibility index (Phi) is 9.14. The summed E-state index contributed by atoms with van der Waals surface area (Å²) in [6, 6.07) is 4.98. The molecule has 3 N–H and O–H groups in total. The zero-order valence-corrected chi connectivity index (χ0v) is 27.9. The van der Waals surface area contributed by atoms with Crippen LogP contribution >= 0.6 is 0 Å². The maximum absolute atomic E-state index is 14.2. The summed E-state index contributed by atoms with van der Waals surface area (Å²) < 4.78 is 43.7. The molecule has 0 radical (unpaired) electrons. The number of fused-ring (bicyclic) bond motifs is 1. The van der Waals surface area contributed by atoms with Gasteiger partial charge in [-0.25, -0.2) is 18.2 Å². The highest BCUT2D eigenvalue weighted by Crippen LogP contribution is 2.45. The smallest absolute Gasteiger partial charge is 0.407 e. The molecule has 0 bridgehead atoms. The number of aromatic nitrogens is 1. The summed E-state index contributed by atoms with van der Waals surface area (Å²) in [6.07, 6.45) is 2.64. The number of nitrogens with zero attached hydrogens (tertiary/aromatic N) is 2. The number of nitrogens with one attached hydrogen (secondary N) is 3. The van der Waals surface area contributed by atoms with Crippen LogP contribution in [0.15, 0.2) is 43.1 Å². The minimum atomic E-state index is -3.88. The summed E-state index contributed by atoms with van der Waals surface area (Å²) in [7, 11) is -1.14. The molecule has 2 aliphatic carbocycles. The number of hydrogen-bond donors (Lipinski definition) is 3. The number of amides is 4. The van der Waals surface area contributed by atoms with Crippen LogP contribution in [-0.4, -0.2) is 91.9 Å². The van der Waals surface area contributed by atoms with E-state index in [9.17, 15) is 27.6 Å². The van der Waals surface area contributed by atoms with E-state index in [0.29, 0.717) is 29.9 Å². The molecule has 3 fully saturated rings. The maximum atomic E-state index is 14.2. The van der Waals surface area contributed by atoms with Gasteiger partial charge in [0.05, 0.1) is 26.0 Å². The quantitative estimate of drug-likeness (QED) is 0.299. The van der Waals surface area contributed by atoms with Gasteiger partial charge < -0.3 is 29.7 Å². The van der Waals surface area contributed by atoms with E-state index in [4.69, 9.17) is 14.2 Å². The fourth-order valence-corrected chi connectivity index (χ4v) is 7.26. The number of hydrogen-bond acceptors (Lipinski definition) is 10. The summed E-state index contributed by atoms with van der Waals surface area (Å²) in [5, 5.41) is 6.21. The number of ether oxygens (including phenoxy) is 3. The molecule has 4 amide bonds. The van der Waals surface area contributed by atoms with Gasteiger partial charge in [0.2, 0.25) is 27.7 Å². The number of carbonyl (C=O) groups is 4. The van der Waals surface area contributed by atoms with Crippen LogP contribution in [0.4, 0.5) is 4.79 Å². The standard InChI is InChI=1S/C32H41N5O9S/c1-7-19-16-32(19,29(40)36-47(42,43)22-9-10-22)35-26(38)24-15-21(17-37(24)28(39)25(31(2,3)4)34-30(41)45-6)46-27-23-11-8-20(44-5)14-18(23)12-13-33-27/h7-8,11-14,19,21-22,24-25H,1,9-10,15-17H2,2-6H3,(H,34,41)(H,35,38)(H,36,40)/t19-,21+,24-,25+,32-/m0/s1. The van der Waals surface area contributed by atoms with Crippen LogP contribution in [0.1, 0.15) is 46.5 Å². The Morgan fingerprint density at radius 3 is 2.47 bits per heavy atom. The van der Waals surface area contributed by atoms with Gasteiger partial charge in [0.25, 0.3) is 5.91 Å². The number of carbonyl (C=O) groups excluding carboxylic acids is 4. The minimum absolute atomic E-state index is 0.0255. The second-order valence-electron chi connectivity index (χ2n) is 13.3. The van der Waals surface area contributed by atoms with Gasteiger partial charge in [-0.3, -0.25) is 19.1 Å². The van der Waals surface area contributed by atoms with Crippen LogP contribution < -0.4 is 24.8 Å². The van der Waals surface area contributed by atoms with E-state index in [1.54, 1.807) is 52.3 Å². The number of sulfonamides is 1. The highest BCUT2D eigenvalue weighted by atomic mass is 32.2. The molecule has 3 aliphatic rings. The van der Waals surface area contributed by atoms with E-state index in [0.717, 1.165) is 5.39 Å². The topological polar surface area (TPSA) is 182 Å². The van der Waals surface area contributed by atoms with Crippen molar-refractivity contribution in [1.29, 1.82) is 0 Å². The van der Waals surface area contributed by atoms with Gasteiger partial charge in [-0.2, -0.15) is 0 Å². The monoisotopic (exact) mass is 671 g/mol. The normalized spacial score (nSPS) is 24.5. The van der Waals surface area contributed by atoms with Crippen LogP contribution in [0.2, 0.25) is 0 Å². The summed E-state index contributed by atoms with van der Waals surface area (Å²) >= 11 is 0. The molecule has 14 nitrogen and oxygen atoms in total. The lowest BCUT2D eigenvalue weighted by Gasteiger charge is -2.35. The molecule has 1 saturated heterocycles. The number of rotatable bonds is 11. The fourth-order valence-electron chi connectivity index (χ4n) is 5.89. The predicted octanol–water partition coefficient (Wildman–Crippen LogP) is 2.03. The van der Waals surface area contributed by atoms with E-state index < -0.39 is 74.1 Å². The molecule has 5 rings (SSSR count). The second-order valence-corrected chi connectivity index (χ2v) is 15.3. The maximum Gasteiger partial charge on any atom is 0.407 e. The van der Waals surface area contributed by atoms with Crippen LogP contribution in [0.5, 0.6) is 11.6 Å². The number of pyridine rings is 1. The van der Waals surface area contributed by atoms with E-state index in [2.05, 4.69) is 26.9 Å². The highest BCUT2D eigenvalue weighted by molar-refractivity contribution is 7.91. The van der Waals surface area contributed by atoms with Crippen LogP contribution in [0.25, 0.3) is 10.8 Å². The lowest BCUT2D eigenvalue weighted by Crippen LogP contribution is -2.60. The Hall–Kier alpha value is -4.40. The number of likely N-dealkylation sites (tertiary alicyclic amines) is 1. The average molecular weight is 672 g/mol. The minimum Gasteiger partial charge on any atom is -0.497 e. The third-order valence-corrected chi connectivity index (χ3v) is 10.7. The van der Waals surface area contributed by atoms with Gasteiger partial charge >= 0.3 is 6.09 Å². The molecular formula is C32H41N5O9S. The molecule has 1 aromatic heterocycles. The molecule has 2 aromatic rings. The summed E-state index contributed by atoms with van der Waals surface area (Å²) in [5.74, 6) is -1.65. The van der Waals surface area contributed by atoms with Crippen molar-refractivity contribution in [2.75, 3.05) is 20.8 Å². The molecule has 1 aliphatic heterocycles. The van der Waals surface area contributed by atoms with Gasteiger partial charge in [0.15, 0.2) is 0 Å². The Balaban J connectivity index is 1.44. The van der Waals surface area contributed by atoms with Crippen LogP contribution in [0.3, 0.4) is 0 Å². The van der Waals surface area contributed by atoms with Crippen molar-refractivity contribution in [2.45, 2.75) is 75.4 Å². The predicted molar refractivity (Wildman–Crippen MR) is 171 cm³/mol. The largest absolute Gasteiger partial charge is 0.497 e. The van der Waals surface area contributed by atoms with E-state index in [1.807, 2.05) is 6.07 Å². The molecule has 0 unspecified atom stereocenters. The first-order valence-electron chi connectivity index (χ1n) is 15.4. The van der Waals surface area contributed by atoms with E-state index in [1.165, 1.54) is 18.1 Å². The van der Waals surface area contributed by atoms with Crippen molar-refractivity contribution in [2.24, 2.45) is 11.3 Å². The molecule has 47 heavy (non-hydrogen) atoms. The molecule has 2 heterocycles. The SMILES string of the molecule is C=C[C@H]1C[C@@]1(NC(=O)[C@@H]1C[C@@H](Oc2nccc3cc(OC)ccc23)CN1C(=O)[C@@H](NC(=O)OC)C(C)(C)C)C(=O)NS(=O)(=O)C1CC1. The average Bonchev–Trinajstić information content (AvgIpc) is 3.95. The summed E-state index contributed by atoms with van der Waals surface area (Å²) in [6.45, 7) is 8.98. The number of alkyl carbamates (subject to hydrolysis) is 1. The Labute approximate surface area is 273 Å². The molecule has 2 saturated carbocycles. The Bertz CT molecular complexity index is 1700. The molecule has 254 valence electrons. The van der Waals surface area contributed by atoms with Crippen molar-refractivity contribution in [3.63, 3.8) is 0 Å². The highest BCUT2D eigenvalue weighted by Gasteiger charge is 2.62. The van der Waals surface area contributed by atoms with Crippen molar-refractivity contribution in [3.05, 3.63) is 43.1 Å². The van der Waals surface area contributed by atoms with Gasteiger partial charge in [0.1, 0.15) is 29.5 Å². The zero-order chi connectivity index (χ0) is 34.3. The lowest BCUT2D eigenvalue weighted by atomic mass is 9.85. The zero-order valence-electron chi connectivity index (χ0n) is 27.1. The van der Waals surface area contributed by atoms with Crippen molar-refractivity contribution in [1.82, 2.24) is 25.2 Å². The molecule has 5 atom stereocenters. The fraction of sp³-hybridized carbons (Fsp3) is 0.531. The van der Waals surface area contributed by atoms with Crippen molar-refractivity contribution >= 4 is 44.6 Å². The first-order valence-corrected chi connectivity index (χ1v) is 16.9. The first kappa shape index (κ1) is 33.9. The Morgan fingerprint density at radius 1 is 1.15 bits per heavy atom. The molecule has 1 aromatic carbocycles. The third-order valence-electron chi connectivity index (χ3n) is 8.87. The third kappa shape index (κ3) is 6.99. The lowest BCUT2D eigenvalue weighted by molar-refractivity contribution is -0.142. The second kappa shape index (κ2) is 12.7.